The third kappa shape index (κ3) is 2.87. The molecule has 0 unspecified atom stereocenters. The average Bonchev–Trinajstić information content (AvgIpc) is 2.81. The third-order valence-electron chi connectivity index (χ3n) is 2.62. The Morgan fingerprint density at radius 3 is 2.82 bits per heavy atom. The highest BCUT2D eigenvalue weighted by molar-refractivity contribution is 6.31. The number of halogens is 2. The zero-order valence-corrected chi connectivity index (χ0v) is 10.2. The summed E-state index contributed by atoms with van der Waals surface area (Å²) in [6.07, 6.45) is 1.61. The van der Waals surface area contributed by atoms with Gasteiger partial charge >= 0.3 is 0 Å². The second-order valence-electron chi connectivity index (χ2n) is 3.82. The summed E-state index contributed by atoms with van der Waals surface area (Å²) in [7, 11) is 0. The van der Waals surface area contributed by atoms with E-state index in [9.17, 15) is 4.39 Å². The van der Waals surface area contributed by atoms with E-state index in [1.165, 1.54) is 6.07 Å². The zero-order valence-electron chi connectivity index (χ0n) is 9.41. The summed E-state index contributed by atoms with van der Waals surface area (Å²) in [5, 5.41) is 3.60. The minimum atomic E-state index is -0.295. The molecule has 2 aromatic rings. The van der Waals surface area contributed by atoms with Crippen molar-refractivity contribution in [3.63, 3.8) is 0 Å². The molecule has 0 saturated carbocycles. The summed E-state index contributed by atoms with van der Waals surface area (Å²) < 4.78 is 18.8. The van der Waals surface area contributed by atoms with Crippen molar-refractivity contribution in [2.24, 2.45) is 0 Å². The summed E-state index contributed by atoms with van der Waals surface area (Å²) in [4.78, 5) is 0. The molecule has 2 rings (SSSR count). The minimum Gasteiger partial charge on any atom is -0.468 e. The molecule has 1 aromatic heterocycles. The van der Waals surface area contributed by atoms with E-state index in [0.717, 1.165) is 5.76 Å². The van der Waals surface area contributed by atoms with E-state index in [1.807, 2.05) is 19.1 Å². The molecular formula is C13H13ClFNO. The molecule has 0 fully saturated rings. The van der Waals surface area contributed by atoms with Crippen molar-refractivity contribution in [2.75, 3.05) is 0 Å². The van der Waals surface area contributed by atoms with Crippen molar-refractivity contribution >= 4 is 11.6 Å². The monoisotopic (exact) mass is 253 g/mol. The quantitative estimate of drug-likeness (QED) is 0.893. The van der Waals surface area contributed by atoms with Gasteiger partial charge in [-0.25, -0.2) is 4.39 Å². The van der Waals surface area contributed by atoms with Gasteiger partial charge in [0.2, 0.25) is 0 Å². The van der Waals surface area contributed by atoms with Crippen LogP contribution in [0.4, 0.5) is 4.39 Å². The molecule has 1 heterocycles. The summed E-state index contributed by atoms with van der Waals surface area (Å²) in [5.74, 6) is 0.522. The fourth-order valence-electron chi connectivity index (χ4n) is 1.59. The van der Waals surface area contributed by atoms with Crippen molar-refractivity contribution in [1.82, 2.24) is 5.32 Å². The summed E-state index contributed by atoms with van der Waals surface area (Å²) in [6, 6.07) is 8.39. The Balaban J connectivity index is 2.03. The van der Waals surface area contributed by atoms with E-state index in [0.29, 0.717) is 17.1 Å². The number of benzene rings is 1. The van der Waals surface area contributed by atoms with Crippen LogP contribution in [0.3, 0.4) is 0 Å². The van der Waals surface area contributed by atoms with Crippen LogP contribution in [0.25, 0.3) is 0 Å². The van der Waals surface area contributed by atoms with Gasteiger partial charge in [0, 0.05) is 17.1 Å². The fourth-order valence-corrected chi connectivity index (χ4v) is 1.82. The van der Waals surface area contributed by atoms with Crippen LogP contribution in [0.1, 0.15) is 24.3 Å². The maximum atomic E-state index is 13.5. The molecule has 0 aliphatic heterocycles. The van der Waals surface area contributed by atoms with E-state index in [4.69, 9.17) is 16.0 Å². The van der Waals surface area contributed by atoms with E-state index < -0.39 is 0 Å². The molecule has 4 heteroatoms. The van der Waals surface area contributed by atoms with Gasteiger partial charge in [-0.1, -0.05) is 17.7 Å². The molecule has 0 amide bonds. The molecule has 0 saturated heterocycles. The molecule has 0 aliphatic rings. The highest BCUT2D eigenvalue weighted by Crippen LogP contribution is 2.20. The zero-order chi connectivity index (χ0) is 12.3. The average molecular weight is 254 g/mol. The van der Waals surface area contributed by atoms with Gasteiger partial charge in [0.1, 0.15) is 11.6 Å². The lowest BCUT2D eigenvalue weighted by Gasteiger charge is -2.12. The number of furan rings is 1. The van der Waals surface area contributed by atoms with Crippen LogP contribution in [0, 0.1) is 5.82 Å². The SMILES string of the molecule is C[C@@H](NCc1c(F)cccc1Cl)c1ccco1. The molecule has 2 nitrogen and oxygen atoms in total. The van der Waals surface area contributed by atoms with E-state index in [2.05, 4.69) is 5.32 Å². The fraction of sp³-hybridized carbons (Fsp3) is 0.231. The molecule has 0 bridgehead atoms. The number of hydrogen-bond donors (Lipinski definition) is 1. The lowest BCUT2D eigenvalue weighted by atomic mass is 10.2. The lowest BCUT2D eigenvalue weighted by molar-refractivity contribution is 0.427. The highest BCUT2D eigenvalue weighted by atomic mass is 35.5. The topological polar surface area (TPSA) is 25.2 Å². The predicted molar refractivity (Wildman–Crippen MR) is 65.4 cm³/mol. The number of hydrogen-bond acceptors (Lipinski definition) is 2. The molecule has 1 atom stereocenters. The van der Waals surface area contributed by atoms with Gasteiger partial charge < -0.3 is 9.73 Å². The van der Waals surface area contributed by atoms with Crippen molar-refractivity contribution in [3.05, 3.63) is 58.8 Å². The van der Waals surface area contributed by atoms with Crippen LogP contribution in [-0.4, -0.2) is 0 Å². The summed E-state index contributed by atoms with van der Waals surface area (Å²) in [6.45, 7) is 2.32. The Hall–Kier alpha value is -1.32. The van der Waals surface area contributed by atoms with Crippen LogP contribution in [0.2, 0.25) is 5.02 Å². The van der Waals surface area contributed by atoms with Crippen molar-refractivity contribution in [2.45, 2.75) is 19.5 Å². The molecule has 0 aliphatic carbocycles. The Morgan fingerprint density at radius 2 is 2.18 bits per heavy atom. The van der Waals surface area contributed by atoms with Gasteiger partial charge in [0.15, 0.2) is 0 Å². The van der Waals surface area contributed by atoms with Crippen LogP contribution < -0.4 is 5.32 Å². The first-order chi connectivity index (χ1) is 8.18. The maximum absolute atomic E-state index is 13.5. The van der Waals surface area contributed by atoms with Crippen LogP contribution >= 0.6 is 11.6 Å². The van der Waals surface area contributed by atoms with E-state index >= 15 is 0 Å². The largest absolute Gasteiger partial charge is 0.468 e. The number of rotatable bonds is 4. The molecule has 0 spiro atoms. The van der Waals surface area contributed by atoms with Gasteiger partial charge in [-0.2, -0.15) is 0 Å². The van der Waals surface area contributed by atoms with Gasteiger partial charge in [-0.05, 0) is 31.2 Å². The first-order valence-electron chi connectivity index (χ1n) is 5.38. The second kappa shape index (κ2) is 5.34. The van der Waals surface area contributed by atoms with Gasteiger partial charge in [-0.15, -0.1) is 0 Å². The molecule has 1 aromatic carbocycles. The Morgan fingerprint density at radius 1 is 1.35 bits per heavy atom. The Bertz CT molecular complexity index is 464. The van der Waals surface area contributed by atoms with E-state index in [1.54, 1.807) is 18.4 Å². The van der Waals surface area contributed by atoms with Crippen molar-refractivity contribution in [3.8, 4) is 0 Å². The smallest absolute Gasteiger partial charge is 0.129 e. The third-order valence-corrected chi connectivity index (χ3v) is 2.97. The van der Waals surface area contributed by atoms with Crippen LogP contribution in [-0.2, 0) is 6.54 Å². The Labute approximate surface area is 104 Å². The summed E-state index contributed by atoms with van der Waals surface area (Å²) in [5.41, 5.74) is 0.479. The molecule has 1 N–H and O–H groups in total. The van der Waals surface area contributed by atoms with Crippen molar-refractivity contribution < 1.29 is 8.81 Å². The van der Waals surface area contributed by atoms with Crippen molar-refractivity contribution in [1.29, 1.82) is 0 Å². The second-order valence-corrected chi connectivity index (χ2v) is 4.23. The number of nitrogens with one attached hydrogen (secondary N) is 1. The standard InChI is InChI=1S/C13H13ClFNO/c1-9(13-6-3-7-17-13)16-8-10-11(14)4-2-5-12(10)15/h2-7,9,16H,8H2,1H3/t9-/m1/s1. The molecule has 17 heavy (non-hydrogen) atoms. The predicted octanol–water partition coefficient (Wildman–Crippen LogP) is 3.92. The molecule has 0 radical (unpaired) electrons. The lowest BCUT2D eigenvalue weighted by Crippen LogP contribution is -2.18. The first-order valence-corrected chi connectivity index (χ1v) is 5.76. The minimum absolute atomic E-state index is 0.0145. The maximum Gasteiger partial charge on any atom is 0.129 e. The highest BCUT2D eigenvalue weighted by Gasteiger charge is 2.11. The van der Waals surface area contributed by atoms with Crippen LogP contribution in [0.5, 0.6) is 0 Å². The summed E-state index contributed by atoms with van der Waals surface area (Å²) >= 11 is 5.93. The van der Waals surface area contributed by atoms with Gasteiger partial charge in [0.25, 0.3) is 0 Å². The molecule has 90 valence electrons. The van der Waals surface area contributed by atoms with E-state index in [-0.39, 0.29) is 11.9 Å². The molecular weight excluding hydrogens is 241 g/mol. The Kier molecular flexibility index (Phi) is 3.82. The normalized spacial score (nSPS) is 12.6. The first kappa shape index (κ1) is 12.1. The van der Waals surface area contributed by atoms with Gasteiger partial charge in [0.05, 0.1) is 12.3 Å². The van der Waals surface area contributed by atoms with Crippen LogP contribution in [0.15, 0.2) is 41.0 Å². The van der Waals surface area contributed by atoms with Gasteiger partial charge in [-0.3, -0.25) is 0 Å².